The van der Waals surface area contributed by atoms with Crippen molar-refractivity contribution in [3.63, 3.8) is 0 Å². The molecule has 1 aliphatic heterocycles. The van der Waals surface area contributed by atoms with E-state index in [2.05, 4.69) is 4.98 Å². The van der Waals surface area contributed by atoms with Crippen LogP contribution in [0.4, 0.5) is 0 Å². The van der Waals surface area contributed by atoms with Gasteiger partial charge in [0.1, 0.15) is 0 Å². The third-order valence-corrected chi connectivity index (χ3v) is 3.55. The Balaban J connectivity index is 1.99. The van der Waals surface area contributed by atoms with Gasteiger partial charge < -0.3 is 14.6 Å². The molecule has 1 fully saturated rings. The lowest BCUT2D eigenvalue weighted by atomic mass is 10.1. The summed E-state index contributed by atoms with van der Waals surface area (Å²) in [6.07, 6.45) is 5.44. The molecule has 4 nitrogen and oxygen atoms in total. The van der Waals surface area contributed by atoms with Crippen molar-refractivity contribution in [2.75, 3.05) is 19.7 Å². The van der Waals surface area contributed by atoms with Crippen LogP contribution in [0.5, 0.6) is 0 Å². The van der Waals surface area contributed by atoms with E-state index in [4.69, 9.17) is 4.74 Å². The molecule has 2 heterocycles. The third kappa shape index (κ3) is 2.93. The van der Waals surface area contributed by atoms with Gasteiger partial charge in [0.25, 0.3) is 5.91 Å². The molecule has 0 radical (unpaired) electrons. The van der Waals surface area contributed by atoms with Crippen LogP contribution in [-0.4, -0.2) is 41.6 Å². The van der Waals surface area contributed by atoms with Crippen molar-refractivity contribution in [1.82, 2.24) is 9.88 Å². The van der Waals surface area contributed by atoms with E-state index in [0.717, 1.165) is 37.3 Å². The summed E-state index contributed by atoms with van der Waals surface area (Å²) in [5, 5.41) is 0. The van der Waals surface area contributed by atoms with Crippen LogP contribution < -0.4 is 0 Å². The molecule has 100 valence electrons. The molecule has 1 aliphatic rings. The van der Waals surface area contributed by atoms with Crippen LogP contribution in [-0.2, 0) is 4.74 Å². The molecule has 0 spiro atoms. The van der Waals surface area contributed by atoms with Gasteiger partial charge in [0, 0.05) is 31.6 Å². The summed E-state index contributed by atoms with van der Waals surface area (Å²) in [4.78, 5) is 17.3. The van der Waals surface area contributed by atoms with Gasteiger partial charge in [-0.2, -0.15) is 0 Å². The predicted molar refractivity (Wildman–Crippen MR) is 70.7 cm³/mol. The highest BCUT2D eigenvalue weighted by atomic mass is 16.5. The Labute approximate surface area is 108 Å². The number of ether oxygens (including phenoxy) is 1. The molecule has 1 saturated heterocycles. The Morgan fingerprint density at radius 2 is 2.39 bits per heavy atom. The summed E-state index contributed by atoms with van der Waals surface area (Å²) in [6, 6.07) is 1.85. The van der Waals surface area contributed by atoms with Gasteiger partial charge in [-0.25, -0.2) is 0 Å². The highest BCUT2D eigenvalue weighted by molar-refractivity contribution is 5.95. The van der Waals surface area contributed by atoms with Crippen molar-refractivity contribution < 1.29 is 9.53 Å². The van der Waals surface area contributed by atoms with Crippen LogP contribution in [0, 0.1) is 6.92 Å². The van der Waals surface area contributed by atoms with Crippen LogP contribution >= 0.6 is 0 Å². The molecule has 0 aromatic carbocycles. The Hall–Kier alpha value is -1.29. The highest BCUT2D eigenvalue weighted by Crippen LogP contribution is 2.16. The number of H-pyrrole nitrogens is 1. The first-order valence-corrected chi connectivity index (χ1v) is 6.77. The van der Waals surface area contributed by atoms with Gasteiger partial charge in [-0.05, 0) is 39.2 Å². The zero-order valence-electron chi connectivity index (χ0n) is 11.2. The molecule has 1 atom stereocenters. The lowest BCUT2D eigenvalue weighted by molar-refractivity contribution is -0.00312. The second-order valence-corrected chi connectivity index (χ2v) is 4.85. The van der Waals surface area contributed by atoms with E-state index < -0.39 is 0 Å². The molecule has 4 heteroatoms. The Kier molecular flexibility index (Phi) is 4.42. The summed E-state index contributed by atoms with van der Waals surface area (Å²) in [5.74, 6) is 0.102. The number of hydrogen-bond acceptors (Lipinski definition) is 2. The van der Waals surface area contributed by atoms with Crippen molar-refractivity contribution in [2.45, 2.75) is 39.2 Å². The minimum atomic E-state index is 0.102. The topological polar surface area (TPSA) is 45.3 Å². The van der Waals surface area contributed by atoms with E-state index in [1.165, 1.54) is 6.42 Å². The number of hydrogen-bond donors (Lipinski definition) is 1. The van der Waals surface area contributed by atoms with Gasteiger partial charge in [-0.1, -0.05) is 0 Å². The number of aromatic amines is 1. The van der Waals surface area contributed by atoms with Crippen LogP contribution in [0.3, 0.4) is 0 Å². The normalized spacial score (nSPS) is 19.8. The number of rotatable bonds is 4. The first-order chi connectivity index (χ1) is 8.72. The summed E-state index contributed by atoms with van der Waals surface area (Å²) in [7, 11) is 0. The average molecular weight is 250 g/mol. The Morgan fingerprint density at radius 1 is 1.56 bits per heavy atom. The molecular weight excluding hydrogens is 228 g/mol. The Morgan fingerprint density at radius 3 is 2.94 bits per heavy atom. The van der Waals surface area contributed by atoms with Crippen molar-refractivity contribution in [1.29, 1.82) is 0 Å². The predicted octanol–water partition coefficient (Wildman–Crippen LogP) is 2.35. The zero-order valence-corrected chi connectivity index (χ0v) is 11.2. The van der Waals surface area contributed by atoms with E-state index in [1.54, 1.807) is 0 Å². The maximum atomic E-state index is 12.4. The summed E-state index contributed by atoms with van der Waals surface area (Å²) in [5.41, 5.74) is 1.70. The number of nitrogens with one attached hydrogen (secondary N) is 1. The van der Waals surface area contributed by atoms with Gasteiger partial charge in [0.2, 0.25) is 0 Å². The fourth-order valence-electron chi connectivity index (χ4n) is 2.41. The second kappa shape index (κ2) is 6.05. The number of aromatic nitrogens is 1. The third-order valence-electron chi connectivity index (χ3n) is 3.55. The summed E-state index contributed by atoms with van der Waals surface area (Å²) >= 11 is 0. The molecule has 0 bridgehead atoms. The minimum absolute atomic E-state index is 0.102. The zero-order chi connectivity index (χ0) is 13.0. The molecule has 1 N–H and O–H groups in total. The molecule has 18 heavy (non-hydrogen) atoms. The largest absolute Gasteiger partial charge is 0.376 e. The molecule has 0 aliphatic carbocycles. The monoisotopic (exact) mass is 250 g/mol. The molecule has 1 aromatic rings. The highest BCUT2D eigenvalue weighted by Gasteiger charge is 2.22. The number of carbonyl (C=O) groups is 1. The summed E-state index contributed by atoms with van der Waals surface area (Å²) in [6.45, 7) is 6.21. The van der Waals surface area contributed by atoms with E-state index in [-0.39, 0.29) is 12.0 Å². The van der Waals surface area contributed by atoms with E-state index in [9.17, 15) is 4.79 Å². The molecule has 1 amide bonds. The second-order valence-electron chi connectivity index (χ2n) is 4.85. The number of nitrogens with zero attached hydrogens (tertiary/aromatic N) is 1. The summed E-state index contributed by atoms with van der Waals surface area (Å²) < 4.78 is 5.71. The van der Waals surface area contributed by atoms with E-state index in [1.807, 2.05) is 31.0 Å². The number of likely N-dealkylation sites (N-methyl/N-ethyl adjacent to an activating group) is 1. The van der Waals surface area contributed by atoms with Gasteiger partial charge in [-0.3, -0.25) is 4.79 Å². The molecule has 2 rings (SSSR count). The van der Waals surface area contributed by atoms with Gasteiger partial charge in [0.05, 0.1) is 11.7 Å². The van der Waals surface area contributed by atoms with Crippen LogP contribution in [0.25, 0.3) is 0 Å². The van der Waals surface area contributed by atoms with E-state index >= 15 is 0 Å². The van der Waals surface area contributed by atoms with Crippen molar-refractivity contribution in [3.8, 4) is 0 Å². The maximum Gasteiger partial charge on any atom is 0.255 e. The van der Waals surface area contributed by atoms with Gasteiger partial charge in [0.15, 0.2) is 0 Å². The van der Waals surface area contributed by atoms with Crippen LogP contribution in [0.15, 0.2) is 12.3 Å². The number of amides is 1. The number of carbonyl (C=O) groups excluding carboxylic acids is 1. The number of aryl methyl sites for hydroxylation is 1. The van der Waals surface area contributed by atoms with Crippen molar-refractivity contribution in [2.24, 2.45) is 0 Å². The van der Waals surface area contributed by atoms with Crippen molar-refractivity contribution in [3.05, 3.63) is 23.5 Å². The fraction of sp³-hybridized carbons (Fsp3) is 0.643. The van der Waals surface area contributed by atoms with E-state index in [0.29, 0.717) is 6.54 Å². The van der Waals surface area contributed by atoms with Crippen LogP contribution in [0.1, 0.15) is 42.2 Å². The molecule has 0 saturated carbocycles. The molecule has 1 aromatic heterocycles. The smallest absolute Gasteiger partial charge is 0.255 e. The average Bonchev–Trinajstić information content (AvgIpc) is 2.82. The van der Waals surface area contributed by atoms with Gasteiger partial charge >= 0.3 is 0 Å². The Bertz CT molecular complexity index is 394. The minimum Gasteiger partial charge on any atom is -0.376 e. The lowest BCUT2D eigenvalue weighted by Gasteiger charge is -2.29. The first kappa shape index (κ1) is 13.1. The molecule has 1 unspecified atom stereocenters. The fourth-order valence-corrected chi connectivity index (χ4v) is 2.41. The van der Waals surface area contributed by atoms with Gasteiger partial charge in [-0.15, -0.1) is 0 Å². The maximum absolute atomic E-state index is 12.4. The quantitative estimate of drug-likeness (QED) is 0.891. The SMILES string of the molecule is CCN(CC1CCCCO1)C(=O)c1cc[nH]c1C. The van der Waals surface area contributed by atoms with Crippen LogP contribution in [0.2, 0.25) is 0 Å². The molecular formula is C14H22N2O2. The standard InChI is InChI=1S/C14H22N2O2/c1-3-16(10-12-6-4-5-9-18-12)14(17)13-7-8-15-11(13)2/h7-8,12,15H,3-6,9-10H2,1-2H3. The van der Waals surface area contributed by atoms with Crippen molar-refractivity contribution >= 4 is 5.91 Å². The lowest BCUT2D eigenvalue weighted by Crippen LogP contribution is -2.39. The first-order valence-electron chi connectivity index (χ1n) is 6.77.